The Morgan fingerprint density at radius 3 is 2.48 bits per heavy atom. The number of nitrogens with one attached hydrogen (secondary N) is 1. The Labute approximate surface area is 141 Å². The molecule has 0 heterocycles. The van der Waals surface area contributed by atoms with Crippen molar-refractivity contribution in [2.75, 3.05) is 10.5 Å². The zero-order valence-corrected chi connectivity index (χ0v) is 14.7. The van der Waals surface area contributed by atoms with E-state index in [1.165, 1.54) is 18.2 Å². The van der Waals surface area contributed by atoms with Crippen LogP contribution in [0.5, 0.6) is 0 Å². The summed E-state index contributed by atoms with van der Waals surface area (Å²) in [5.41, 5.74) is 6.86. The molecule has 0 aliphatic carbocycles. The maximum absolute atomic E-state index is 12.4. The lowest BCUT2D eigenvalue weighted by Crippen LogP contribution is -2.15. The van der Waals surface area contributed by atoms with Crippen LogP contribution in [0.3, 0.4) is 0 Å². The molecule has 2 aromatic carbocycles. The van der Waals surface area contributed by atoms with Gasteiger partial charge in [0.1, 0.15) is 0 Å². The van der Waals surface area contributed by atoms with E-state index in [9.17, 15) is 8.42 Å². The van der Waals surface area contributed by atoms with Crippen molar-refractivity contribution in [3.63, 3.8) is 0 Å². The SMILES string of the molecule is Cc1c(N)cc(Cl)cc1S(=O)(=O)Nc1ccc(Br)c(Cl)c1. The van der Waals surface area contributed by atoms with Crippen LogP contribution in [0.2, 0.25) is 10.0 Å². The van der Waals surface area contributed by atoms with Gasteiger partial charge >= 0.3 is 0 Å². The van der Waals surface area contributed by atoms with Gasteiger partial charge in [0.05, 0.1) is 15.6 Å². The highest BCUT2D eigenvalue weighted by molar-refractivity contribution is 9.10. The van der Waals surface area contributed by atoms with E-state index < -0.39 is 10.0 Å². The third-order valence-corrected chi connectivity index (χ3v) is 5.78. The monoisotopic (exact) mass is 408 g/mol. The smallest absolute Gasteiger partial charge is 0.262 e. The maximum Gasteiger partial charge on any atom is 0.262 e. The minimum Gasteiger partial charge on any atom is -0.398 e. The number of nitrogens with two attached hydrogens (primary N) is 1. The number of halogens is 3. The maximum atomic E-state index is 12.4. The second kappa shape index (κ2) is 6.04. The largest absolute Gasteiger partial charge is 0.398 e. The second-order valence-electron chi connectivity index (χ2n) is 4.35. The number of hydrogen-bond donors (Lipinski definition) is 2. The fourth-order valence-corrected chi connectivity index (χ4v) is 3.79. The van der Waals surface area contributed by atoms with Crippen molar-refractivity contribution in [2.45, 2.75) is 11.8 Å². The Morgan fingerprint density at radius 1 is 1.19 bits per heavy atom. The molecule has 0 unspecified atom stereocenters. The van der Waals surface area contributed by atoms with Crippen LogP contribution in [0.25, 0.3) is 0 Å². The van der Waals surface area contributed by atoms with Gasteiger partial charge in [0.2, 0.25) is 0 Å². The number of hydrogen-bond acceptors (Lipinski definition) is 3. The first-order valence-electron chi connectivity index (χ1n) is 5.74. The van der Waals surface area contributed by atoms with Gasteiger partial charge < -0.3 is 5.73 Å². The average molecular weight is 410 g/mol. The van der Waals surface area contributed by atoms with E-state index in [1.54, 1.807) is 19.1 Å². The van der Waals surface area contributed by atoms with Crippen molar-refractivity contribution in [2.24, 2.45) is 0 Å². The highest BCUT2D eigenvalue weighted by atomic mass is 79.9. The van der Waals surface area contributed by atoms with Crippen LogP contribution in [-0.2, 0) is 10.0 Å². The summed E-state index contributed by atoms with van der Waals surface area (Å²) >= 11 is 15.1. The molecule has 0 fully saturated rings. The van der Waals surface area contributed by atoms with Crippen molar-refractivity contribution in [3.8, 4) is 0 Å². The molecule has 0 bridgehead atoms. The van der Waals surface area contributed by atoms with Gasteiger partial charge in [-0.3, -0.25) is 4.72 Å². The predicted molar refractivity (Wildman–Crippen MR) is 90.6 cm³/mol. The molecule has 112 valence electrons. The topological polar surface area (TPSA) is 72.2 Å². The molecule has 0 spiro atoms. The summed E-state index contributed by atoms with van der Waals surface area (Å²) in [6, 6.07) is 7.62. The van der Waals surface area contributed by atoms with Gasteiger partial charge in [-0.25, -0.2) is 8.42 Å². The Bertz CT molecular complexity index is 810. The van der Waals surface area contributed by atoms with E-state index in [4.69, 9.17) is 28.9 Å². The van der Waals surface area contributed by atoms with Crippen LogP contribution in [0, 0.1) is 6.92 Å². The zero-order valence-electron chi connectivity index (χ0n) is 10.8. The van der Waals surface area contributed by atoms with E-state index in [-0.39, 0.29) is 9.92 Å². The van der Waals surface area contributed by atoms with Crippen molar-refractivity contribution < 1.29 is 8.42 Å². The van der Waals surface area contributed by atoms with Crippen molar-refractivity contribution >= 4 is 60.5 Å². The van der Waals surface area contributed by atoms with Gasteiger partial charge in [0.25, 0.3) is 10.0 Å². The first-order chi connectivity index (χ1) is 9.70. The Kier molecular flexibility index (Phi) is 4.72. The summed E-state index contributed by atoms with van der Waals surface area (Å²) in [5, 5.41) is 0.657. The lowest BCUT2D eigenvalue weighted by atomic mass is 10.2. The van der Waals surface area contributed by atoms with E-state index in [2.05, 4.69) is 20.7 Å². The first-order valence-corrected chi connectivity index (χ1v) is 8.77. The molecule has 0 atom stereocenters. The summed E-state index contributed by atoms with van der Waals surface area (Å²) < 4.78 is 28.0. The van der Waals surface area contributed by atoms with Crippen LogP contribution in [-0.4, -0.2) is 8.42 Å². The number of rotatable bonds is 3. The van der Waals surface area contributed by atoms with E-state index >= 15 is 0 Å². The molecular weight excluding hydrogens is 399 g/mol. The standard InChI is InChI=1S/C13H11BrCl2N2O2S/c1-7-12(17)4-8(15)5-13(7)21(19,20)18-9-2-3-10(14)11(16)6-9/h2-6,18H,17H2,1H3. The number of nitrogen functional groups attached to an aromatic ring is 1. The minimum atomic E-state index is -3.81. The number of anilines is 2. The molecule has 21 heavy (non-hydrogen) atoms. The molecule has 3 N–H and O–H groups in total. The molecule has 0 aliphatic rings. The van der Waals surface area contributed by atoms with Crippen molar-refractivity contribution in [1.82, 2.24) is 0 Å². The van der Waals surface area contributed by atoms with E-state index in [0.717, 1.165) is 0 Å². The zero-order chi connectivity index (χ0) is 15.8. The van der Waals surface area contributed by atoms with Gasteiger partial charge in [-0.2, -0.15) is 0 Å². The second-order valence-corrected chi connectivity index (χ2v) is 7.70. The minimum absolute atomic E-state index is 0.0338. The quantitative estimate of drug-likeness (QED) is 0.735. The molecule has 0 saturated carbocycles. The summed E-state index contributed by atoms with van der Waals surface area (Å²) in [6.07, 6.45) is 0. The highest BCUT2D eigenvalue weighted by Gasteiger charge is 2.19. The van der Waals surface area contributed by atoms with Gasteiger partial charge in [0.15, 0.2) is 0 Å². The van der Waals surface area contributed by atoms with Crippen LogP contribution >= 0.6 is 39.1 Å². The van der Waals surface area contributed by atoms with Crippen LogP contribution in [0.15, 0.2) is 39.7 Å². The van der Waals surface area contributed by atoms with Crippen molar-refractivity contribution in [3.05, 3.63) is 50.4 Å². The summed E-state index contributed by atoms with van der Waals surface area (Å²) in [5.74, 6) is 0. The summed E-state index contributed by atoms with van der Waals surface area (Å²) in [6.45, 7) is 1.62. The summed E-state index contributed by atoms with van der Waals surface area (Å²) in [7, 11) is -3.81. The fourth-order valence-electron chi connectivity index (χ4n) is 1.72. The van der Waals surface area contributed by atoms with Gasteiger partial charge in [-0.1, -0.05) is 23.2 Å². The molecule has 0 radical (unpaired) electrons. The number of benzene rings is 2. The van der Waals surface area contributed by atoms with Crippen LogP contribution in [0.4, 0.5) is 11.4 Å². The van der Waals surface area contributed by atoms with Gasteiger partial charge in [0, 0.05) is 15.2 Å². The molecule has 2 aromatic rings. The van der Waals surface area contributed by atoms with Gasteiger partial charge in [-0.05, 0) is 58.7 Å². The lowest BCUT2D eigenvalue weighted by Gasteiger charge is -2.13. The molecule has 0 amide bonds. The molecule has 0 aromatic heterocycles. The number of sulfonamides is 1. The van der Waals surface area contributed by atoms with Gasteiger partial charge in [-0.15, -0.1) is 0 Å². The first kappa shape index (κ1) is 16.4. The third-order valence-electron chi connectivity index (χ3n) is 2.83. The Morgan fingerprint density at radius 2 is 1.86 bits per heavy atom. The lowest BCUT2D eigenvalue weighted by molar-refractivity contribution is 0.600. The van der Waals surface area contributed by atoms with Crippen LogP contribution in [0.1, 0.15) is 5.56 Å². The normalized spacial score (nSPS) is 11.4. The molecule has 2 rings (SSSR count). The molecule has 0 aliphatic heterocycles. The highest BCUT2D eigenvalue weighted by Crippen LogP contribution is 2.30. The molecule has 0 saturated heterocycles. The van der Waals surface area contributed by atoms with Crippen LogP contribution < -0.4 is 10.5 Å². The third kappa shape index (κ3) is 3.63. The predicted octanol–water partition coefficient (Wildman–Crippen LogP) is 4.45. The van der Waals surface area contributed by atoms with E-state index in [1.807, 2.05) is 0 Å². The fraction of sp³-hybridized carbons (Fsp3) is 0.0769. The molecule has 4 nitrogen and oxygen atoms in total. The molecule has 8 heteroatoms. The van der Waals surface area contributed by atoms with Crippen molar-refractivity contribution in [1.29, 1.82) is 0 Å². The molecular formula is C13H11BrCl2N2O2S. The Hall–Kier alpha value is -0.950. The van der Waals surface area contributed by atoms with E-state index in [0.29, 0.717) is 26.4 Å². The Balaban J connectivity index is 2.45. The average Bonchev–Trinajstić information content (AvgIpc) is 2.37. The summed E-state index contributed by atoms with van der Waals surface area (Å²) in [4.78, 5) is 0.0338.